The zero-order valence-corrected chi connectivity index (χ0v) is 16.7. The number of esters is 1. The number of benzene rings is 2. The summed E-state index contributed by atoms with van der Waals surface area (Å²) in [6.07, 6.45) is 0.0550. The number of nitrogens with one attached hydrogen (secondary N) is 1. The van der Waals surface area contributed by atoms with Crippen LogP contribution in [0.2, 0.25) is 0 Å². The molecule has 0 aliphatic carbocycles. The van der Waals surface area contributed by atoms with Crippen molar-refractivity contribution in [1.29, 1.82) is 0 Å². The van der Waals surface area contributed by atoms with Crippen molar-refractivity contribution in [1.82, 2.24) is 0 Å². The number of hydrogen-bond donors (Lipinski definition) is 1. The van der Waals surface area contributed by atoms with E-state index in [2.05, 4.69) is 10.2 Å². The summed E-state index contributed by atoms with van der Waals surface area (Å²) in [4.78, 5) is 26.4. The van der Waals surface area contributed by atoms with E-state index in [1.165, 1.54) is 0 Å². The van der Waals surface area contributed by atoms with Crippen LogP contribution >= 0.6 is 0 Å². The number of nitrogens with zero attached hydrogens (tertiary/aromatic N) is 1. The molecule has 0 radical (unpaired) electrons. The number of carbonyl (C=O) groups excluding carboxylic acids is 2. The SMILES string of the molecule is CC(C)Oc1ccc(C(=O)OCC(=O)Nc2ccc(N3CCOCC3)cc2)cc1. The molecule has 7 nitrogen and oxygen atoms in total. The molecule has 0 bridgehead atoms. The van der Waals surface area contributed by atoms with Gasteiger partial charge in [-0.05, 0) is 62.4 Å². The van der Waals surface area contributed by atoms with E-state index in [1.54, 1.807) is 24.3 Å². The van der Waals surface area contributed by atoms with Gasteiger partial charge in [0.15, 0.2) is 6.61 Å². The van der Waals surface area contributed by atoms with Gasteiger partial charge in [0, 0.05) is 24.5 Å². The first-order valence-electron chi connectivity index (χ1n) is 9.68. The predicted molar refractivity (Wildman–Crippen MR) is 111 cm³/mol. The highest BCUT2D eigenvalue weighted by atomic mass is 16.5. The maximum Gasteiger partial charge on any atom is 0.338 e. The van der Waals surface area contributed by atoms with Gasteiger partial charge in [-0.2, -0.15) is 0 Å². The van der Waals surface area contributed by atoms with Gasteiger partial charge in [0.05, 0.1) is 24.9 Å². The topological polar surface area (TPSA) is 77.1 Å². The molecule has 0 atom stereocenters. The van der Waals surface area contributed by atoms with Crippen LogP contribution < -0.4 is 15.0 Å². The number of ether oxygens (including phenoxy) is 3. The summed E-state index contributed by atoms with van der Waals surface area (Å²) in [5.41, 5.74) is 2.10. The lowest BCUT2D eigenvalue weighted by Gasteiger charge is -2.28. The van der Waals surface area contributed by atoms with Crippen molar-refractivity contribution in [2.45, 2.75) is 20.0 Å². The molecule has 0 saturated carbocycles. The summed E-state index contributed by atoms with van der Waals surface area (Å²) < 4.78 is 16.0. The van der Waals surface area contributed by atoms with Crippen molar-refractivity contribution in [3.8, 4) is 5.75 Å². The largest absolute Gasteiger partial charge is 0.491 e. The van der Waals surface area contributed by atoms with Gasteiger partial charge in [-0.3, -0.25) is 4.79 Å². The van der Waals surface area contributed by atoms with Crippen molar-refractivity contribution in [3.63, 3.8) is 0 Å². The van der Waals surface area contributed by atoms with Crippen LogP contribution in [0.25, 0.3) is 0 Å². The predicted octanol–water partition coefficient (Wildman–Crippen LogP) is 3.11. The van der Waals surface area contributed by atoms with Gasteiger partial charge in [0.2, 0.25) is 0 Å². The van der Waals surface area contributed by atoms with Gasteiger partial charge in [0.1, 0.15) is 5.75 Å². The van der Waals surface area contributed by atoms with Crippen LogP contribution in [0, 0.1) is 0 Å². The summed E-state index contributed by atoms with van der Waals surface area (Å²) in [5.74, 6) is -0.272. The summed E-state index contributed by atoms with van der Waals surface area (Å²) in [7, 11) is 0. The molecule has 1 aliphatic rings. The number of carbonyl (C=O) groups is 2. The molecular formula is C22H26N2O5. The van der Waals surface area contributed by atoms with Gasteiger partial charge in [-0.25, -0.2) is 4.79 Å². The number of anilines is 2. The summed E-state index contributed by atoms with van der Waals surface area (Å²) in [6.45, 7) is 6.65. The van der Waals surface area contributed by atoms with Crippen LogP contribution in [0.3, 0.4) is 0 Å². The Morgan fingerprint density at radius 1 is 1.03 bits per heavy atom. The third-order valence-corrected chi connectivity index (χ3v) is 4.32. The normalized spacial score (nSPS) is 13.8. The fraction of sp³-hybridized carbons (Fsp3) is 0.364. The highest BCUT2D eigenvalue weighted by Gasteiger charge is 2.13. The number of hydrogen-bond acceptors (Lipinski definition) is 6. The Hall–Kier alpha value is -3.06. The second kappa shape index (κ2) is 9.93. The van der Waals surface area contributed by atoms with Gasteiger partial charge < -0.3 is 24.4 Å². The smallest absolute Gasteiger partial charge is 0.338 e. The lowest BCUT2D eigenvalue weighted by Crippen LogP contribution is -2.36. The Kier molecular flexibility index (Phi) is 7.08. The van der Waals surface area contributed by atoms with Crippen LogP contribution in [0.4, 0.5) is 11.4 Å². The number of morpholine rings is 1. The molecule has 1 fully saturated rings. The summed E-state index contributed by atoms with van der Waals surface area (Å²) >= 11 is 0. The molecule has 1 N–H and O–H groups in total. The molecule has 1 saturated heterocycles. The molecule has 154 valence electrons. The highest BCUT2D eigenvalue weighted by Crippen LogP contribution is 2.19. The van der Waals surface area contributed by atoms with Gasteiger partial charge >= 0.3 is 5.97 Å². The molecule has 0 unspecified atom stereocenters. The zero-order valence-electron chi connectivity index (χ0n) is 16.7. The Morgan fingerprint density at radius 3 is 2.31 bits per heavy atom. The standard InChI is InChI=1S/C22H26N2O5/c1-16(2)29-20-9-3-17(4-10-20)22(26)28-15-21(25)23-18-5-7-19(8-6-18)24-11-13-27-14-12-24/h3-10,16H,11-15H2,1-2H3,(H,23,25). The van der Waals surface area contributed by atoms with Crippen molar-refractivity contribution < 1.29 is 23.8 Å². The van der Waals surface area contributed by atoms with Crippen LogP contribution in [0.1, 0.15) is 24.2 Å². The van der Waals surface area contributed by atoms with E-state index in [-0.39, 0.29) is 12.7 Å². The van der Waals surface area contributed by atoms with Crippen LogP contribution in [-0.2, 0) is 14.3 Å². The quantitative estimate of drug-likeness (QED) is 0.722. The van der Waals surface area contributed by atoms with Crippen molar-refractivity contribution >= 4 is 23.3 Å². The third-order valence-electron chi connectivity index (χ3n) is 4.32. The summed E-state index contributed by atoms with van der Waals surface area (Å²) in [6, 6.07) is 14.2. The van der Waals surface area contributed by atoms with E-state index in [1.807, 2.05) is 38.1 Å². The maximum absolute atomic E-state index is 12.1. The third kappa shape index (κ3) is 6.22. The second-order valence-corrected chi connectivity index (χ2v) is 6.96. The van der Waals surface area contributed by atoms with E-state index in [0.29, 0.717) is 17.0 Å². The molecule has 1 heterocycles. The lowest BCUT2D eigenvalue weighted by molar-refractivity contribution is -0.119. The molecule has 29 heavy (non-hydrogen) atoms. The fourth-order valence-electron chi connectivity index (χ4n) is 2.93. The molecule has 7 heteroatoms. The monoisotopic (exact) mass is 398 g/mol. The molecular weight excluding hydrogens is 372 g/mol. The number of amides is 1. The Balaban J connectivity index is 1.46. The van der Waals surface area contributed by atoms with Crippen molar-refractivity contribution in [2.75, 3.05) is 43.1 Å². The van der Waals surface area contributed by atoms with Gasteiger partial charge in [0.25, 0.3) is 5.91 Å². The second-order valence-electron chi connectivity index (χ2n) is 6.96. The molecule has 0 spiro atoms. The Labute approximate surface area is 170 Å². The van der Waals surface area contributed by atoms with E-state index in [0.717, 1.165) is 32.0 Å². The molecule has 1 amide bonds. The number of rotatable bonds is 7. The molecule has 3 rings (SSSR count). The molecule has 2 aromatic rings. The van der Waals surface area contributed by atoms with E-state index >= 15 is 0 Å². The van der Waals surface area contributed by atoms with E-state index in [9.17, 15) is 9.59 Å². The molecule has 0 aromatic heterocycles. The van der Waals surface area contributed by atoms with Gasteiger partial charge in [-0.15, -0.1) is 0 Å². The van der Waals surface area contributed by atoms with Crippen molar-refractivity contribution in [3.05, 3.63) is 54.1 Å². The van der Waals surface area contributed by atoms with Crippen LogP contribution in [0.5, 0.6) is 5.75 Å². The first-order chi connectivity index (χ1) is 14.0. The average molecular weight is 398 g/mol. The fourth-order valence-corrected chi connectivity index (χ4v) is 2.93. The van der Waals surface area contributed by atoms with E-state index in [4.69, 9.17) is 14.2 Å². The van der Waals surface area contributed by atoms with Crippen molar-refractivity contribution in [2.24, 2.45) is 0 Å². The zero-order chi connectivity index (χ0) is 20.6. The Bertz CT molecular complexity index is 812. The first kappa shape index (κ1) is 20.7. The minimum absolute atomic E-state index is 0.0550. The molecule has 2 aromatic carbocycles. The van der Waals surface area contributed by atoms with Gasteiger partial charge in [-0.1, -0.05) is 0 Å². The average Bonchev–Trinajstić information content (AvgIpc) is 2.73. The minimum atomic E-state index is -0.557. The first-order valence-corrected chi connectivity index (χ1v) is 9.68. The molecule has 1 aliphatic heterocycles. The Morgan fingerprint density at radius 2 is 1.69 bits per heavy atom. The lowest BCUT2D eigenvalue weighted by atomic mass is 10.2. The summed E-state index contributed by atoms with van der Waals surface area (Å²) in [5, 5.41) is 2.73. The minimum Gasteiger partial charge on any atom is -0.491 e. The van der Waals surface area contributed by atoms with E-state index < -0.39 is 11.9 Å². The highest BCUT2D eigenvalue weighted by molar-refractivity contribution is 5.95. The van der Waals surface area contributed by atoms with Crippen LogP contribution in [-0.4, -0.2) is 50.9 Å². The maximum atomic E-state index is 12.1. The van der Waals surface area contributed by atoms with Crippen LogP contribution in [0.15, 0.2) is 48.5 Å².